The summed E-state index contributed by atoms with van der Waals surface area (Å²) in [6.45, 7) is 7.38. The standard InChI is InChI=1S/C16H23ClN2/c1-4-5-6-7-10-19-15-11-12(2)8-9-14(15)18-16(19)13(3)17/h8-9,11,13H,4-7,10H2,1-3H3. The molecule has 0 radical (unpaired) electrons. The highest BCUT2D eigenvalue weighted by atomic mass is 35.5. The smallest absolute Gasteiger partial charge is 0.127 e. The molecule has 2 nitrogen and oxygen atoms in total. The van der Waals surface area contributed by atoms with E-state index in [1.807, 2.05) is 6.92 Å². The Labute approximate surface area is 120 Å². The van der Waals surface area contributed by atoms with E-state index in [2.05, 4.69) is 41.6 Å². The summed E-state index contributed by atoms with van der Waals surface area (Å²) >= 11 is 6.28. The minimum absolute atomic E-state index is 0.0427. The van der Waals surface area contributed by atoms with Crippen molar-refractivity contribution in [1.82, 2.24) is 9.55 Å². The van der Waals surface area contributed by atoms with Gasteiger partial charge in [-0.05, 0) is 38.0 Å². The molecule has 0 amide bonds. The maximum Gasteiger partial charge on any atom is 0.127 e. The fourth-order valence-electron chi connectivity index (χ4n) is 2.49. The van der Waals surface area contributed by atoms with Crippen molar-refractivity contribution in [3.05, 3.63) is 29.6 Å². The maximum absolute atomic E-state index is 6.28. The molecule has 0 saturated carbocycles. The highest BCUT2D eigenvalue weighted by Crippen LogP contribution is 2.25. The van der Waals surface area contributed by atoms with Crippen LogP contribution in [0.1, 0.15) is 56.3 Å². The molecule has 1 unspecified atom stereocenters. The van der Waals surface area contributed by atoms with E-state index < -0.39 is 0 Å². The van der Waals surface area contributed by atoms with E-state index >= 15 is 0 Å². The Morgan fingerprint density at radius 2 is 2.05 bits per heavy atom. The summed E-state index contributed by atoms with van der Waals surface area (Å²) in [5.41, 5.74) is 3.55. The number of alkyl halides is 1. The van der Waals surface area contributed by atoms with E-state index in [1.54, 1.807) is 0 Å². The third kappa shape index (κ3) is 3.30. The third-order valence-corrected chi connectivity index (χ3v) is 3.72. The van der Waals surface area contributed by atoms with Crippen molar-refractivity contribution in [1.29, 1.82) is 0 Å². The van der Waals surface area contributed by atoms with Crippen LogP contribution in [0.2, 0.25) is 0 Å². The molecule has 0 saturated heterocycles. The van der Waals surface area contributed by atoms with Gasteiger partial charge in [0.25, 0.3) is 0 Å². The number of aromatic nitrogens is 2. The molecule has 1 aromatic carbocycles. The Hall–Kier alpha value is -1.02. The lowest BCUT2D eigenvalue weighted by atomic mass is 10.2. The molecular weight excluding hydrogens is 256 g/mol. The number of hydrogen-bond acceptors (Lipinski definition) is 1. The summed E-state index contributed by atoms with van der Waals surface area (Å²) in [5.74, 6) is 0.999. The van der Waals surface area contributed by atoms with Gasteiger partial charge >= 0.3 is 0 Å². The summed E-state index contributed by atoms with van der Waals surface area (Å²) in [7, 11) is 0. The van der Waals surface area contributed by atoms with Crippen molar-refractivity contribution < 1.29 is 0 Å². The fourth-order valence-corrected chi connectivity index (χ4v) is 2.65. The first kappa shape index (κ1) is 14.4. The third-order valence-electron chi connectivity index (χ3n) is 3.52. The van der Waals surface area contributed by atoms with Crippen LogP contribution in [0.4, 0.5) is 0 Å². The Bertz CT molecular complexity index is 543. The normalized spacial score (nSPS) is 13.1. The molecule has 0 spiro atoms. The van der Waals surface area contributed by atoms with Crippen LogP contribution in [-0.4, -0.2) is 9.55 Å². The molecule has 2 rings (SSSR count). The Morgan fingerprint density at radius 3 is 2.74 bits per heavy atom. The monoisotopic (exact) mass is 278 g/mol. The molecule has 0 aliphatic carbocycles. The largest absolute Gasteiger partial charge is 0.327 e. The van der Waals surface area contributed by atoms with Gasteiger partial charge in [0.05, 0.1) is 16.4 Å². The van der Waals surface area contributed by atoms with Gasteiger partial charge in [-0.15, -0.1) is 11.6 Å². The van der Waals surface area contributed by atoms with Crippen LogP contribution in [-0.2, 0) is 6.54 Å². The molecule has 1 atom stereocenters. The number of fused-ring (bicyclic) bond motifs is 1. The van der Waals surface area contributed by atoms with Gasteiger partial charge in [0.1, 0.15) is 5.82 Å². The molecule has 0 fully saturated rings. The number of aryl methyl sites for hydroxylation is 2. The van der Waals surface area contributed by atoms with Gasteiger partial charge in [-0.2, -0.15) is 0 Å². The van der Waals surface area contributed by atoms with E-state index in [9.17, 15) is 0 Å². The number of benzene rings is 1. The molecule has 0 N–H and O–H groups in total. The van der Waals surface area contributed by atoms with E-state index in [4.69, 9.17) is 11.6 Å². The van der Waals surface area contributed by atoms with Crippen LogP contribution < -0.4 is 0 Å². The van der Waals surface area contributed by atoms with Crippen molar-refractivity contribution in [2.75, 3.05) is 0 Å². The summed E-state index contributed by atoms with van der Waals surface area (Å²) in [6, 6.07) is 6.42. The summed E-state index contributed by atoms with van der Waals surface area (Å²) < 4.78 is 2.30. The van der Waals surface area contributed by atoms with Crippen molar-refractivity contribution in [3.8, 4) is 0 Å². The van der Waals surface area contributed by atoms with Crippen LogP contribution in [0, 0.1) is 6.92 Å². The lowest BCUT2D eigenvalue weighted by Gasteiger charge is -2.10. The average molecular weight is 279 g/mol. The zero-order chi connectivity index (χ0) is 13.8. The van der Waals surface area contributed by atoms with Gasteiger partial charge in [-0.25, -0.2) is 4.98 Å². The lowest BCUT2D eigenvalue weighted by molar-refractivity contribution is 0.574. The number of nitrogens with zero attached hydrogens (tertiary/aromatic N) is 2. The molecule has 1 aromatic heterocycles. The second kappa shape index (κ2) is 6.42. The van der Waals surface area contributed by atoms with Crippen LogP contribution in [0.25, 0.3) is 11.0 Å². The number of rotatable bonds is 6. The SMILES string of the molecule is CCCCCCn1c(C(C)Cl)nc2ccc(C)cc21. The molecule has 0 aliphatic heterocycles. The quantitative estimate of drug-likeness (QED) is 0.523. The summed E-state index contributed by atoms with van der Waals surface area (Å²) in [4.78, 5) is 4.68. The predicted molar refractivity (Wildman–Crippen MR) is 82.9 cm³/mol. The van der Waals surface area contributed by atoms with Crippen molar-refractivity contribution in [2.45, 2.75) is 58.4 Å². The van der Waals surface area contributed by atoms with E-state index in [0.717, 1.165) is 17.9 Å². The highest BCUT2D eigenvalue weighted by Gasteiger charge is 2.14. The highest BCUT2D eigenvalue weighted by molar-refractivity contribution is 6.20. The van der Waals surface area contributed by atoms with Gasteiger partial charge in [-0.3, -0.25) is 0 Å². The van der Waals surface area contributed by atoms with Gasteiger partial charge in [0, 0.05) is 6.54 Å². The molecule has 104 valence electrons. The number of imidazole rings is 1. The second-order valence-corrected chi connectivity index (χ2v) is 5.95. The molecule has 1 heterocycles. The maximum atomic E-state index is 6.28. The molecule has 19 heavy (non-hydrogen) atoms. The van der Waals surface area contributed by atoms with Gasteiger partial charge < -0.3 is 4.57 Å². The second-order valence-electron chi connectivity index (χ2n) is 5.29. The van der Waals surface area contributed by atoms with Crippen LogP contribution >= 0.6 is 11.6 Å². The predicted octanol–water partition coefficient (Wildman–Crippen LogP) is 5.22. The minimum atomic E-state index is -0.0427. The lowest BCUT2D eigenvalue weighted by Crippen LogP contribution is -2.04. The number of unbranched alkanes of at least 4 members (excludes halogenated alkanes) is 3. The topological polar surface area (TPSA) is 17.8 Å². The van der Waals surface area contributed by atoms with Crippen LogP contribution in [0.15, 0.2) is 18.2 Å². The van der Waals surface area contributed by atoms with Gasteiger partial charge in [-0.1, -0.05) is 32.3 Å². The minimum Gasteiger partial charge on any atom is -0.327 e. The van der Waals surface area contributed by atoms with E-state index in [1.165, 1.54) is 36.8 Å². The number of halogens is 1. The van der Waals surface area contributed by atoms with E-state index in [-0.39, 0.29) is 5.38 Å². The van der Waals surface area contributed by atoms with Gasteiger partial charge in [0.15, 0.2) is 0 Å². The first-order valence-electron chi connectivity index (χ1n) is 7.24. The van der Waals surface area contributed by atoms with Crippen molar-refractivity contribution in [2.24, 2.45) is 0 Å². The Morgan fingerprint density at radius 1 is 1.26 bits per heavy atom. The number of hydrogen-bond donors (Lipinski definition) is 0. The zero-order valence-electron chi connectivity index (χ0n) is 12.1. The summed E-state index contributed by atoms with van der Waals surface area (Å²) in [5, 5.41) is -0.0427. The van der Waals surface area contributed by atoms with Crippen LogP contribution in [0.5, 0.6) is 0 Å². The Balaban J connectivity index is 2.31. The Kier molecular flexibility index (Phi) is 4.87. The first-order valence-corrected chi connectivity index (χ1v) is 7.68. The van der Waals surface area contributed by atoms with Gasteiger partial charge in [0.2, 0.25) is 0 Å². The fraction of sp³-hybridized carbons (Fsp3) is 0.562. The molecular formula is C16H23ClN2. The molecule has 2 aromatic rings. The molecule has 0 bridgehead atoms. The zero-order valence-corrected chi connectivity index (χ0v) is 12.9. The summed E-state index contributed by atoms with van der Waals surface area (Å²) in [6.07, 6.45) is 5.04. The van der Waals surface area contributed by atoms with Crippen molar-refractivity contribution in [3.63, 3.8) is 0 Å². The van der Waals surface area contributed by atoms with E-state index in [0.29, 0.717) is 0 Å². The average Bonchev–Trinajstić information content (AvgIpc) is 2.73. The first-order chi connectivity index (χ1) is 9.13. The molecule has 0 aliphatic rings. The molecule has 3 heteroatoms. The van der Waals surface area contributed by atoms with Crippen LogP contribution in [0.3, 0.4) is 0 Å². The van der Waals surface area contributed by atoms with Crippen molar-refractivity contribution >= 4 is 22.6 Å².